The summed E-state index contributed by atoms with van der Waals surface area (Å²) in [5.41, 5.74) is 5.39. The van der Waals surface area contributed by atoms with Gasteiger partial charge in [0.2, 0.25) is 0 Å². The Labute approximate surface area is 138 Å². The van der Waals surface area contributed by atoms with Crippen molar-refractivity contribution >= 4 is 0 Å². The Morgan fingerprint density at radius 1 is 1.17 bits per heavy atom. The number of phenolic OH excluding ortho intramolecular Hbond substituents is 1. The zero-order chi connectivity index (χ0) is 16.2. The van der Waals surface area contributed by atoms with Crippen molar-refractivity contribution in [2.75, 3.05) is 6.54 Å². The number of nitrogens with one attached hydrogen (secondary N) is 1. The fourth-order valence-electron chi connectivity index (χ4n) is 3.48. The summed E-state index contributed by atoms with van der Waals surface area (Å²) in [6.45, 7) is 5.17. The van der Waals surface area contributed by atoms with Crippen LogP contribution >= 0.6 is 0 Å². The molecule has 3 nitrogen and oxygen atoms in total. The lowest BCUT2D eigenvalue weighted by molar-refractivity contribution is 0.382. The van der Waals surface area contributed by atoms with Crippen LogP contribution in [0.25, 0.3) is 11.1 Å². The Balaban J connectivity index is 1.78. The van der Waals surface area contributed by atoms with E-state index in [-0.39, 0.29) is 0 Å². The number of hydrogen-bond acceptors (Lipinski definition) is 3. The number of pyridine rings is 1. The van der Waals surface area contributed by atoms with E-state index in [0.29, 0.717) is 11.8 Å². The van der Waals surface area contributed by atoms with Gasteiger partial charge in [0, 0.05) is 23.0 Å². The molecule has 3 heteroatoms. The zero-order valence-electron chi connectivity index (χ0n) is 14.1. The van der Waals surface area contributed by atoms with E-state index in [1.54, 1.807) is 0 Å². The van der Waals surface area contributed by atoms with Gasteiger partial charge < -0.3 is 10.4 Å². The van der Waals surface area contributed by atoms with Crippen LogP contribution in [0.5, 0.6) is 5.75 Å². The monoisotopic (exact) mass is 310 g/mol. The summed E-state index contributed by atoms with van der Waals surface area (Å²) in [6, 6.07) is 10.7. The number of rotatable bonds is 4. The van der Waals surface area contributed by atoms with Gasteiger partial charge in [-0.2, -0.15) is 0 Å². The van der Waals surface area contributed by atoms with E-state index >= 15 is 0 Å². The van der Waals surface area contributed by atoms with E-state index < -0.39 is 0 Å². The quantitative estimate of drug-likeness (QED) is 0.892. The van der Waals surface area contributed by atoms with Gasteiger partial charge in [0.25, 0.3) is 0 Å². The first-order valence-corrected chi connectivity index (χ1v) is 8.63. The first-order valence-electron chi connectivity index (χ1n) is 8.63. The highest BCUT2D eigenvalue weighted by atomic mass is 16.3. The molecule has 0 unspecified atom stereocenters. The molecular formula is C20H26N2O. The molecule has 1 aliphatic rings. The van der Waals surface area contributed by atoms with Gasteiger partial charge in [-0.25, -0.2) is 0 Å². The van der Waals surface area contributed by atoms with Crippen molar-refractivity contribution in [3.63, 3.8) is 0 Å². The molecule has 0 spiro atoms. The zero-order valence-corrected chi connectivity index (χ0v) is 14.1. The third-order valence-electron chi connectivity index (χ3n) is 4.71. The highest BCUT2D eigenvalue weighted by Gasteiger charge is 2.13. The van der Waals surface area contributed by atoms with Crippen molar-refractivity contribution in [3.8, 4) is 16.9 Å². The second-order valence-corrected chi connectivity index (χ2v) is 6.66. The summed E-state index contributed by atoms with van der Waals surface area (Å²) < 4.78 is 0. The number of phenols is 1. The lowest BCUT2D eigenvalue weighted by atomic mass is 9.95. The molecule has 2 N–H and O–H groups in total. The molecule has 0 bridgehead atoms. The van der Waals surface area contributed by atoms with Crippen LogP contribution in [0.3, 0.4) is 0 Å². The van der Waals surface area contributed by atoms with Gasteiger partial charge in [0.05, 0.1) is 0 Å². The van der Waals surface area contributed by atoms with Crippen molar-refractivity contribution in [1.29, 1.82) is 0 Å². The van der Waals surface area contributed by atoms with E-state index in [4.69, 9.17) is 0 Å². The summed E-state index contributed by atoms with van der Waals surface area (Å²) in [7, 11) is 0. The second-order valence-electron chi connectivity index (χ2n) is 6.66. The smallest absolute Gasteiger partial charge is 0.116 e. The average molecular weight is 310 g/mol. The average Bonchev–Trinajstić information content (AvgIpc) is 2.53. The molecule has 0 amide bonds. The van der Waals surface area contributed by atoms with E-state index in [1.165, 1.54) is 24.8 Å². The van der Waals surface area contributed by atoms with Gasteiger partial charge in [-0.3, -0.25) is 4.98 Å². The van der Waals surface area contributed by atoms with Crippen LogP contribution in [-0.2, 0) is 6.42 Å². The molecule has 0 radical (unpaired) electrons. The third kappa shape index (κ3) is 4.11. The highest BCUT2D eigenvalue weighted by molar-refractivity contribution is 5.68. The van der Waals surface area contributed by atoms with E-state index in [9.17, 15) is 5.11 Å². The summed E-state index contributed by atoms with van der Waals surface area (Å²) in [5.74, 6) is 0.342. The van der Waals surface area contributed by atoms with Crippen molar-refractivity contribution in [1.82, 2.24) is 10.3 Å². The van der Waals surface area contributed by atoms with Gasteiger partial charge in [-0.15, -0.1) is 0 Å². The van der Waals surface area contributed by atoms with Gasteiger partial charge in [0.15, 0.2) is 0 Å². The Morgan fingerprint density at radius 3 is 2.78 bits per heavy atom. The molecule has 1 aromatic heterocycles. The third-order valence-corrected chi connectivity index (χ3v) is 4.71. The van der Waals surface area contributed by atoms with Gasteiger partial charge >= 0.3 is 0 Å². The van der Waals surface area contributed by atoms with Crippen molar-refractivity contribution < 1.29 is 5.11 Å². The largest absolute Gasteiger partial charge is 0.508 e. The normalized spacial score (nSPS) is 18.1. The molecule has 23 heavy (non-hydrogen) atoms. The van der Waals surface area contributed by atoms with Gasteiger partial charge in [0.1, 0.15) is 5.75 Å². The molecule has 1 fully saturated rings. The molecule has 3 rings (SSSR count). The fraction of sp³-hybridized carbons (Fsp3) is 0.450. The van der Waals surface area contributed by atoms with Crippen LogP contribution in [0.15, 0.2) is 30.3 Å². The van der Waals surface area contributed by atoms with Crippen LogP contribution in [0, 0.1) is 13.8 Å². The van der Waals surface area contributed by atoms with Crippen LogP contribution < -0.4 is 5.32 Å². The SMILES string of the molecule is Cc1ccc(-c2cc(O)cc(CC[C@@H]3CCCCN3)c2)c(C)n1. The molecule has 0 saturated carbocycles. The number of aryl methyl sites for hydroxylation is 3. The minimum Gasteiger partial charge on any atom is -0.508 e. The minimum absolute atomic E-state index is 0.342. The predicted molar refractivity (Wildman–Crippen MR) is 94.8 cm³/mol. The minimum atomic E-state index is 0.342. The van der Waals surface area contributed by atoms with Gasteiger partial charge in [-0.05, 0) is 75.4 Å². The topological polar surface area (TPSA) is 45.1 Å². The Morgan fingerprint density at radius 2 is 2.04 bits per heavy atom. The molecule has 2 heterocycles. The number of aromatic hydroxyl groups is 1. The van der Waals surface area contributed by atoms with Gasteiger partial charge in [-0.1, -0.05) is 18.6 Å². The fourth-order valence-corrected chi connectivity index (χ4v) is 3.48. The molecular weight excluding hydrogens is 284 g/mol. The number of benzene rings is 1. The molecule has 1 aromatic carbocycles. The Kier molecular flexibility index (Phi) is 4.97. The van der Waals surface area contributed by atoms with Crippen molar-refractivity contribution in [2.24, 2.45) is 0 Å². The molecule has 0 aliphatic carbocycles. The first-order chi connectivity index (χ1) is 11.1. The number of aromatic nitrogens is 1. The van der Waals surface area contributed by atoms with E-state index in [1.807, 2.05) is 32.0 Å². The first kappa shape index (κ1) is 16.0. The lowest BCUT2D eigenvalue weighted by Crippen LogP contribution is -2.34. The van der Waals surface area contributed by atoms with E-state index in [2.05, 4.69) is 22.4 Å². The molecule has 1 atom stereocenters. The summed E-state index contributed by atoms with van der Waals surface area (Å²) in [5, 5.41) is 13.7. The molecule has 1 saturated heterocycles. The Hall–Kier alpha value is -1.87. The second kappa shape index (κ2) is 7.14. The predicted octanol–water partition coefficient (Wildman–Crippen LogP) is 4.15. The molecule has 2 aromatic rings. The summed E-state index contributed by atoms with van der Waals surface area (Å²) in [4.78, 5) is 4.54. The maximum Gasteiger partial charge on any atom is 0.116 e. The lowest BCUT2D eigenvalue weighted by Gasteiger charge is -2.23. The van der Waals surface area contributed by atoms with Crippen LogP contribution in [0.4, 0.5) is 0 Å². The molecule has 1 aliphatic heterocycles. The van der Waals surface area contributed by atoms with Crippen LogP contribution in [-0.4, -0.2) is 22.7 Å². The number of piperidine rings is 1. The van der Waals surface area contributed by atoms with Crippen LogP contribution in [0.2, 0.25) is 0 Å². The maximum atomic E-state index is 10.1. The standard InChI is InChI=1S/C20H26N2O/c1-14-6-9-20(15(2)22-14)17-11-16(12-19(23)13-17)7-8-18-5-3-4-10-21-18/h6,9,11-13,18,21,23H,3-5,7-8,10H2,1-2H3/t18-/m0/s1. The van der Waals surface area contributed by atoms with Crippen molar-refractivity contribution in [2.45, 2.75) is 52.0 Å². The number of nitrogens with zero attached hydrogens (tertiary/aromatic N) is 1. The maximum absolute atomic E-state index is 10.1. The molecule has 122 valence electrons. The number of hydrogen-bond donors (Lipinski definition) is 2. The summed E-state index contributed by atoms with van der Waals surface area (Å²) >= 11 is 0. The van der Waals surface area contributed by atoms with Crippen molar-refractivity contribution in [3.05, 3.63) is 47.3 Å². The van der Waals surface area contributed by atoms with E-state index in [0.717, 1.165) is 41.9 Å². The summed E-state index contributed by atoms with van der Waals surface area (Å²) in [6.07, 6.45) is 6.03. The Bertz CT molecular complexity index is 675. The highest BCUT2D eigenvalue weighted by Crippen LogP contribution is 2.28. The van der Waals surface area contributed by atoms with Crippen LogP contribution in [0.1, 0.15) is 42.6 Å².